The smallest absolute Gasteiger partial charge is 0.174 e. The topological polar surface area (TPSA) is 66.3 Å². The van der Waals surface area contributed by atoms with E-state index in [1.165, 1.54) is 19.8 Å². The Hall–Kier alpha value is -2.08. The molecule has 1 aliphatic carbocycles. The molecule has 0 spiro atoms. The Labute approximate surface area is 181 Å². The first-order chi connectivity index (χ1) is 14.4. The standard InChI is InChI=1S/C16H21NO4.C8H18O/c1-12(18)11-20-17-10-13-7-8-15(19-2)16(9-13)21-14-5-3-4-6-14;1-5-7(3)9-8(4)6-2/h7-10,14H,3-6,11H2,1-2H3;7-8H,5-6H2,1-4H3/b17-10+;. The summed E-state index contributed by atoms with van der Waals surface area (Å²) in [6.07, 6.45) is 9.52. The number of benzene rings is 1. The number of carbonyl (C=O) groups is 1. The van der Waals surface area contributed by atoms with Crippen LogP contribution in [0.1, 0.15) is 78.7 Å². The zero-order chi connectivity index (χ0) is 22.4. The van der Waals surface area contributed by atoms with Gasteiger partial charge in [-0.05, 0) is 77.5 Å². The van der Waals surface area contributed by atoms with Crippen molar-refractivity contribution in [3.63, 3.8) is 0 Å². The Morgan fingerprint density at radius 3 is 2.30 bits per heavy atom. The molecule has 2 atom stereocenters. The predicted molar refractivity (Wildman–Crippen MR) is 121 cm³/mol. The molecule has 2 unspecified atom stereocenters. The van der Waals surface area contributed by atoms with Gasteiger partial charge in [0, 0.05) is 5.56 Å². The maximum atomic E-state index is 10.8. The van der Waals surface area contributed by atoms with Crippen LogP contribution in [0.25, 0.3) is 0 Å². The first-order valence-corrected chi connectivity index (χ1v) is 11.0. The number of oxime groups is 1. The molecule has 170 valence electrons. The van der Waals surface area contributed by atoms with E-state index in [0.717, 1.165) is 37.0 Å². The summed E-state index contributed by atoms with van der Waals surface area (Å²) in [6, 6.07) is 5.58. The van der Waals surface area contributed by atoms with Crippen molar-refractivity contribution in [1.29, 1.82) is 0 Å². The van der Waals surface area contributed by atoms with E-state index in [1.807, 2.05) is 18.2 Å². The molecule has 0 amide bonds. The first kappa shape index (κ1) is 26.0. The number of methoxy groups -OCH3 is 1. The molecule has 30 heavy (non-hydrogen) atoms. The molecule has 0 aliphatic heterocycles. The zero-order valence-electron chi connectivity index (χ0n) is 19.5. The lowest BCUT2D eigenvalue weighted by Gasteiger charge is -2.16. The number of hydrogen-bond donors (Lipinski definition) is 0. The second-order valence-electron chi connectivity index (χ2n) is 7.72. The van der Waals surface area contributed by atoms with Crippen LogP contribution in [0, 0.1) is 0 Å². The monoisotopic (exact) mass is 421 g/mol. The number of rotatable bonds is 11. The Kier molecular flexibility index (Phi) is 12.8. The quantitative estimate of drug-likeness (QED) is 0.346. The normalized spacial score (nSPS) is 15.9. The van der Waals surface area contributed by atoms with Gasteiger partial charge < -0.3 is 19.0 Å². The Morgan fingerprint density at radius 1 is 1.13 bits per heavy atom. The van der Waals surface area contributed by atoms with Crippen molar-refractivity contribution >= 4 is 12.0 Å². The molecule has 1 aromatic carbocycles. The summed E-state index contributed by atoms with van der Waals surface area (Å²) < 4.78 is 16.9. The van der Waals surface area contributed by atoms with Gasteiger partial charge in [0.05, 0.1) is 31.6 Å². The highest BCUT2D eigenvalue weighted by atomic mass is 16.6. The fourth-order valence-corrected chi connectivity index (χ4v) is 2.87. The van der Waals surface area contributed by atoms with Gasteiger partial charge in [0.15, 0.2) is 23.9 Å². The minimum atomic E-state index is -0.0628. The van der Waals surface area contributed by atoms with Gasteiger partial charge in [-0.15, -0.1) is 0 Å². The predicted octanol–water partition coefficient (Wildman–Crippen LogP) is 5.56. The lowest BCUT2D eigenvalue weighted by atomic mass is 10.2. The maximum Gasteiger partial charge on any atom is 0.174 e. The lowest BCUT2D eigenvalue weighted by Crippen LogP contribution is -2.14. The summed E-state index contributed by atoms with van der Waals surface area (Å²) >= 11 is 0. The van der Waals surface area contributed by atoms with Crippen LogP contribution in [0.5, 0.6) is 11.5 Å². The Morgan fingerprint density at radius 2 is 1.77 bits per heavy atom. The minimum Gasteiger partial charge on any atom is -0.493 e. The second kappa shape index (κ2) is 14.8. The second-order valence-corrected chi connectivity index (χ2v) is 7.72. The molecular weight excluding hydrogens is 382 g/mol. The third-order valence-electron chi connectivity index (χ3n) is 4.94. The minimum absolute atomic E-state index is 0.0158. The SMILES string of the molecule is CCC(C)OC(C)CC.COc1ccc(/C=N/OCC(C)=O)cc1OC1CCCC1. The molecule has 1 saturated carbocycles. The molecular formula is C24H39NO5. The highest BCUT2D eigenvalue weighted by Gasteiger charge is 2.18. The van der Waals surface area contributed by atoms with Gasteiger partial charge in [0.1, 0.15) is 0 Å². The van der Waals surface area contributed by atoms with Gasteiger partial charge in [0.25, 0.3) is 0 Å². The van der Waals surface area contributed by atoms with Crippen LogP contribution < -0.4 is 9.47 Å². The molecule has 0 N–H and O–H groups in total. The van der Waals surface area contributed by atoms with E-state index in [0.29, 0.717) is 18.0 Å². The number of ketones is 1. The molecule has 6 heteroatoms. The van der Waals surface area contributed by atoms with Gasteiger partial charge in [0.2, 0.25) is 0 Å². The van der Waals surface area contributed by atoms with Gasteiger partial charge in [-0.2, -0.15) is 0 Å². The summed E-state index contributed by atoms with van der Waals surface area (Å²) in [6.45, 7) is 9.97. The molecule has 1 aliphatic rings. The number of carbonyl (C=O) groups excluding carboxylic acids is 1. The van der Waals surface area contributed by atoms with Crippen molar-refractivity contribution in [2.45, 2.75) is 91.5 Å². The molecule has 0 saturated heterocycles. The van der Waals surface area contributed by atoms with E-state index >= 15 is 0 Å². The van der Waals surface area contributed by atoms with Gasteiger partial charge in [-0.25, -0.2) is 0 Å². The van der Waals surface area contributed by atoms with Crippen LogP contribution in [0.3, 0.4) is 0 Å². The van der Waals surface area contributed by atoms with Crippen molar-refractivity contribution in [1.82, 2.24) is 0 Å². The van der Waals surface area contributed by atoms with Crippen molar-refractivity contribution in [2.24, 2.45) is 5.16 Å². The fourth-order valence-electron chi connectivity index (χ4n) is 2.87. The summed E-state index contributed by atoms with van der Waals surface area (Å²) in [7, 11) is 1.63. The van der Waals surface area contributed by atoms with Crippen LogP contribution in [0.15, 0.2) is 23.4 Å². The van der Waals surface area contributed by atoms with Crippen LogP contribution in [0.2, 0.25) is 0 Å². The Balaban J connectivity index is 0.000000424. The highest BCUT2D eigenvalue weighted by molar-refractivity contribution is 5.81. The summed E-state index contributed by atoms with van der Waals surface area (Å²) in [5, 5.41) is 3.77. The molecule has 1 aromatic rings. The number of nitrogens with zero attached hydrogens (tertiary/aromatic N) is 1. The molecule has 1 fully saturated rings. The molecule has 0 aromatic heterocycles. The van der Waals surface area contributed by atoms with E-state index < -0.39 is 0 Å². The van der Waals surface area contributed by atoms with Gasteiger partial charge in [-0.1, -0.05) is 19.0 Å². The van der Waals surface area contributed by atoms with Crippen LogP contribution in [-0.4, -0.2) is 44.0 Å². The highest BCUT2D eigenvalue weighted by Crippen LogP contribution is 2.32. The van der Waals surface area contributed by atoms with E-state index in [4.69, 9.17) is 19.0 Å². The van der Waals surface area contributed by atoms with E-state index in [2.05, 4.69) is 32.9 Å². The molecule has 2 rings (SSSR count). The average molecular weight is 422 g/mol. The summed E-state index contributed by atoms with van der Waals surface area (Å²) in [5.74, 6) is 1.37. The number of Topliss-reactive ketones (excluding diaryl/α,β-unsaturated/α-hetero) is 1. The average Bonchev–Trinajstić information content (AvgIpc) is 3.24. The summed E-state index contributed by atoms with van der Waals surface area (Å²) in [5.41, 5.74) is 0.840. The molecule has 0 bridgehead atoms. The van der Waals surface area contributed by atoms with Crippen LogP contribution in [-0.2, 0) is 14.4 Å². The van der Waals surface area contributed by atoms with Gasteiger partial charge >= 0.3 is 0 Å². The van der Waals surface area contributed by atoms with Crippen LogP contribution >= 0.6 is 0 Å². The molecule has 6 nitrogen and oxygen atoms in total. The largest absolute Gasteiger partial charge is 0.493 e. The summed E-state index contributed by atoms with van der Waals surface area (Å²) in [4.78, 5) is 15.6. The zero-order valence-corrected chi connectivity index (χ0v) is 19.5. The van der Waals surface area contributed by atoms with Gasteiger partial charge in [-0.3, -0.25) is 4.79 Å². The van der Waals surface area contributed by atoms with Crippen LogP contribution in [0.4, 0.5) is 0 Å². The Bertz CT molecular complexity index is 632. The van der Waals surface area contributed by atoms with E-state index in [-0.39, 0.29) is 18.5 Å². The maximum absolute atomic E-state index is 10.8. The van der Waals surface area contributed by atoms with Crippen molar-refractivity contribution in [3.8, 4) is 11.5 Å². The first-order valence-electron chi connectivity index (χ1n) is 11.0. The van der Waals surface area contributed by atoms with Crippen molar-refractivity contribution < 1.29 is 23.8 Å². The number of hydrogen-bond acceptors (Lipinski definition) is 6. The van der Waals surface area contributed by atoms with E-state index in [9.17, 15) is 4.79 Å². The third kappa shape index (κ3) is 10.6. The molecule has 0 radical (unpaired) electrons. The lowest BCUT2D eigenvalue weighted by molar-refractivity contribution is -0.121. The third-order valence-corrected chi connectivity index (χ3v) is 4.94. The van der Waals surface area contributed by atoms with Crippen molar-refractivity contribution in [3.05, 3.63) is 23.8 Å². The number of ether oxygens (including phenoxy) is 3. The molecule has 0 heterocycles. The van der Waals surface area contributed by atoms with Crippen molar-refractivity contribution in [2.75, 3.05) is 13.7 Å². The van der Waals surface area contributed by atoms with E-state index in [1.54, 1.807) is 13.3 Å². The fraction of sp³-hybridized carbons (Fsp3) is 0.667.